The first-order valence-electron chi connectivity index (χ1n) is 6.42. The van der Waals surface area contributed by atoms with E-state index in [1.54, 1.807) is 24.3 Å². The number of carbonyl (C=O) groups excluding carboxylic acids is 1. The molecule has 0 unspecified atom stereocenters. The maximum Gasteiger partial charge on any atom is 0.243 e. The molecule has 0 spiro atoms. The van der Waals surface area contributed by atoms with Gasteiger partial charge >= 0.3 is 0 Å². The monoisotopic (exact) mass is 299 g/mol. The van der Waals surface area contributed by atoms with E-state index in [9.17, 15) is 4.79 Å². The average molecular weight is 300 g/mol. The van der Waals surface area contributed by atoms with Crippen molar-refractivity contribution < 1.29 is 4.79 Å². The third kappa shape index (κ3) is 4.83. The molecular weight excluding hydrogens is 286 g/mol. The minimum atomic E-state index is -0.154. The normalized spacial score (nSPS) is 9.71. The fourth-order valence-electron chi connectivity index (χ4n) is 1.79. The summed E-state index contributed by atoms with van der Waals surface area (Å²) in [6.07, 6.45) is 0.384. The van der Waals surface area contributed by atoms with Gasteiger partial charge in [0.1, 0.15) is 0 Å². The van der Waals surface area contributed by atoms with Crippen molar-refractivity contribution in [1.29, 1.82) is 5.26 Å². The maximum atomic E-state index is 11.8. The Kier molecular flexibility index (Phi) is 5.19. The van der Waals surface area contributed by atoms with E-state index < -0.39 is 0 Å². The van der Waals surface area contributed by atoms with E-state index in [1.165, 1.54) is 0 Å². The number of rotatable bonds is 5. The Morgan fingerprint density at radius 3 is 2.57 bits per heavy atom. The second kappa shape index (κ2) is 7.32. The largest absolute Gasteiger partial charge is 0.376 e. The maximum absolute atomic E-state index is 11.8. The van der Waals surface area contributed by atoms with E-state index in [2.05, 4.69) is 16.7 Å². The molecule has 2 aromatic rings. The van der Waals surface area contributed by atoms with Gasteiger partial charge in [-0.2, -0.15) is 5.26 Å². The van der Waals surface area contributed by atoms with Crippen LogP contribution in [0.3, 0.4) is 0 Å². The van der Waals surface area contributed by atoms with Crippen molar-refractivity contribution in [2.24, 2.45) is 0 Å². The van der Waals surface area contributed by atoms with Crippen molar-refractivity contribution in [3.05, 3.63) is 59.1 Å². The number of nitrogens with one attached hydrogen (secondary N) is 2. The van der Waals surface area contributed by atoms with Gasteiger partial charge in [0.05, 0.1) is 19.0 Å². The molecule has 0 heterocycles. The summed E-state index contributed by atoms with van der Waals surface area (Å²) < 4.78 is 0. The molecule has 0 fully saturated rings. The van der Waals surface area contributed by atoms with Crippen LogP contribution >= 0.6 is 11.6 Å². The highest BCUT2D eigenvalue weighted by molar-refractivity contribution is 6.30. The van der Waals surface area contributed by atoms with Crippen LogP contribution in [0.2, 0.25) is 5.02 Å². The van der Waals surface area contributed by atoms with Gasteiger partial charge in [-0.25, -0.2) is 0 Å². The molecule has 1 amide bonds. The lowest BCUT2D eigenvalue weighted by molar-refractivity contribution is -0.114. The zero-order valence-electron chi connectivity index (χ0n) is 11.3. The smallest absolute Gasteiger partial charge is 0.243 e. The molecule has 0 aliphatic rings. The van der Waals surface area contributed by atoms with Gasteiger partial charge in [-0.1, -0.05) is 29.8 Å². The standard InChI is InChI=1S/C16H14ClN3O/c17-13-2-1-3-15(10-13)20-16(21)11-19-14-6-4-12(5-7-14)8-9-18/h1-7,10,19H,8,11H2,(H,20,21). The van der Waals surface area contributed by atoms with Crippen LogP contribution in [-0.2, 0) is 11.2 Å². The van der Waals surface area contributed by atoms with Gasteiger partial charge in [0.15, 0.2) is 0 Å². The Balaban J connectivity index is 1.85. The van der Waals surface area contributed by atoms with Gasteiger partial charge in [0, 0.05) is 16.4 Å². The van der Waals surface area contributed by atoms with Crippen LogP contribution in [0.5, 0.6) is 0 Å². The topological polar surface area (TPSA) is 64.9 Å². The summed E-state index contributed by atoms with van der Waals surface area (Å²) in [7, 11) is 0. The third-order valence-electron chi connectivity index (χ3n) is 2.80. The van der Waals surface area contributed by atoms with Gasteiger partial charge in [0.2, 0.25) is 5.91 Å². The molecule has 21 heavy (non-hydrogen) atoms. The Morgan fingerprint density at radius 1 is 1.14 bits per heavy atom. The van der Waals surface area contributed by atoms with Crippen molar-refractivity contribution >= 4 is 28.9 Å². The van der Waals surface area contributed by atoms with E-state index in [0.29, 0.717) is 17.1 Å². The minimum Gasteiger partial charge on any atom is -0.376 e. The molecule has 0 aliphatic heterocycles. The van der Waals surface area contributed by atoms with Crippen molar-refractivity contribution in [2.45, 2.75) is 6.42 Å². The lowest BCUT2D eigenvalue weighted by Crippen LogP contribution is -2.21. The molecule has 4 nitrogen and oxygen atoms in total. The molecule has 0 aromatic heterocycles. The summed E-state index contributed by atoms with van der Waals surface area (Å²) in [6.45, 7) is 0.157. The van der Waals surface area contributed by atoms with Crippen molar-refractivity contribution in [3.63, 3.8) is 0 Å². The molecule has 2 aromatic carbocycles. The number of benzene rings is 2. The van der Waals surface area contributed by atoms with Crippen LogP contribution in [-0.4, -0.2) is 12.5 Å². The highest BCUT2D eigenvalue weighted by Gasteiger charge is 2.03. The number of hydrogen-bond donors (Lipinski definition) is 2. The lowest BCUT2D eigenvalue weighted by atomic mass is 10.1. The van der Waals surface area contributed by atoms with E-state index in [0.717, 1.165) is 11.3 Å². The third-order valence-corrected chi connectivity index (χ3v) is 3.03. The summed E-state index contributed by atoms with van der Waals surface area (Å²) in [5, 5.41) is 15.0. The van der Waals surface area contributed by atoms with Crippen LogP contribution in [0, 0.1) is 11.3 Å². The van der Waals surface area contributed by atoms with Crippen molar-refractivity contribution in [3.8, 4) is 6.07 Å². The second-order valence-electron chi connectivity index (χ2n) is 4.44. The summed E-state index contributed by atoms with van der Waals surface area (Å²) in [6, 6.07) is 16.5. The van der Waals surface area contributed by atoms with E-state index in [4.69, 9.17) is 16.9 Å². The minimum absolute atomic E-state index is 0.154. The Hall–Kier alpha value is -2.51. The number of anilines is 2. The number of halogens is 1. The van der Waals surface area contributed by atoms with E-state index in [-0.39, 0.29) is 12.5 Å². The predicted octanol–water partition coefficient (Wildman–Crippen LogP) is 3.46. The van der Waals surface area contributed by atoms with Gasteiger partial charge in [-0.15, -0.1) is 0 Å². The Bertz CT molecular complexity index is 662. The molecule has 0 atom stereocenters. The Morgan fingerprint density at radius 2 is 1.90 bits per heavy atom. The Labute approximate surface area is 128 Å². The SMILES string of the molecule is N#CCc1ccc(NCC(=O)Nc2cccc(Cl)c2)cc1. The zero-order chi connectivity index (χ0) is 15.1. The van der Waals surface area contributed by atoms with E-state index in [1.807, 2.05) is 24.3 Å². The van der Waals surface area contributed by atoms with Crippen molar-refractivity contribution in [1.82, 2.24) is 0 Å². The van der Waals surface area contributed by atoms with E-state index >= 15 is 0 Å². The second-order valence-corrected chi connectivity index (χ2v) is 4.88. The molecule has 0 saturated carbocycles. The van der Waals surface area contributed by atoms with Crippen LogP contribution in [0.4, 0.5) is 11.4 Å². The molecule has 0 aliphatic carbocycles. The summed E-state index contributed by atoms with van der Waals surface area (Å²) in [5.41, 5.74) is 2.45. The number of hydrogen-bond acceptors (Lipinski definition) is 3. The molecule has 0 radical (unpaired) electrons. The summed E-state index contributed by atoms with van der Waals surface area (Å²) >= 11 is 5.85. The summed E-state index contributed by atoms with van der Waals surface area (Å²) in [4.78, 5) is 11.8. The first-order chi connectivity index (χ1) is 10.2. The van der Waals surface area contributed by atoms with Crippen LogP contribution in [0.15, 0.2) is 48.5 Å². The molecule has 0 saturated heterocycles. The molecular formula is C16H14ClN3O. The average Bonchev–Trinajstić information content (AvgIpc) is 2.47. The summed E-state index contributed by atoms with van der Waals surface area (Å²) in [5.74, 6) is -0.154. The van der Waals surface area contributed by atoms with Crippen molar-refractivity contribution in [2.75, 3.05) is 17.2 Å². The van der Waals surface area contributed by atoms with Crippen LogP contribution in [0.1, 0.15) is 5.56 Å². The van der Waals surface area contributed by atoms with Gasteiger partial charge in [-0.05, 0) is 35.9 Å². The van der Waals surface area contributed by atoms with Gasteiger partial charge in [-0.3, -0.25) is 4.79 Å². The van der Waals surface area contributed by atoms with Gasteiger partial charge < -0.3 is 10.6 Å². The fraction of sp³-hybridized carbons (Fsp3) is 0.125. The number of nitrogens with zero attached hydrogens (tertiary/aromatic N) is 1. The predicted molar refractivity (Wildman–Crippen MR) is 84.3 cm³/mol. The highest BCUT2D eigenvalue weighted by Crippen LogP contribution is 2.15. The number of carbonyl (C=O) groups is 1. The quantitative estimate of drug-likeness (QED) is 0.888. The number of nitriles is 1. The molecule has 2 N–H and O–H groups in total. The number of amides is 1. The molecule has 0 bridgehead atoms. The van der Waals surface area contributed by atoms with Gasteiger partial charge in [0.25, 0.3) is 0 Å². The molecule has 106 valence electrons. The van der Waals surface area contributed by atoms with Crippen LogP contribution in [0.25, 0.3) is 0 Å². The lowest BCUT2D eigenvalue weighted by Gasteiger charge is -2.08. The first kappa shape index (κ1) is 14.9. The fourth-order valence-corrected chi connectivity index (χ4v) is 1.98. The van der Waals surface area contributed by atoms with Crippen LogP contribution < -0.4 is 10.6 Å². The zero-order valence-corrected chi connectivity index (χ0v) is 12.0. The molecule has 2 rings (SSSR count). The first-order valence-corrected chi connectivity index (χ1v) is 6.80. The highest BCUT2D eigenvalue weighted by atomic mass is 35.5. The molecule has 5 heteroatoms.